The molecule has 0 amide bonds. The number of aliphatic hydroxyl groups is 3. The molecule has 5 rings (SSSR count). The first-order valence-corrected chi connectivity index (χ1v) is 12.7. The molecule has 5 atom stereocenters. The molecule has 3 heterocycles. The first-order chi connectivity index (χ1) is 20.1. The van der Waals surface area contributed by atoms with Gasteiger partial charge in [0.1, 0.15) is 46.6 Å². The van der Waals surface area contributed by atoms with Crippen LogP contribution in [-0.4, -0.2) is 80.9 Å². The summed E-state index contributed by atoms with van der Waals surface area (Å²) in [5, 5.41) is 50.3. The van der Waals surface area contributed by atoms with Gasteiger partial charge >= 0.3 is 5.97 Å². The fraction of sp³-hybridized carbons (Fsp3) is 0.286. The number of benzene rings is 2. The minimum atomic E-state index is -1.93. The number of ether oxygens (including phenoxy) is 4. The van der Waals surface area contributed by atoms with Gasteiger partial charge in [-0.05, 0) is 36.4 Å². The Kier molecular flexibility index (Phi) is 7.95. The minimum absolute atomic E-state index is 0.128. The van der Waals surface area contributed by atoms with Crippen molar-refractivity contribution in [2.75, 3.05) is 19.5 Å². The van der Waals surface area contributed by atoms with E-state index in [2.05, 4.69) is 4.98 Å². The standard InChI is InChI=1S/C28H28N2O12/c1-38-25-18(41-28-24(35)22(33)23(34)26(42-28)27(36)37)11-17-20(21(25)32)15(31)10-16(40-17)12-2-5-14(6-3-12)39-9-8-13-4-7-19(29)30-13/h2-7,10-11,22-24,26,28,30,32-35H,8-9,29H2,1H3,(H,36,37)/t22-,23+,24-,26+,28-/m1/s1. The number of aromatic nitrogens is 1. The van der Waals surface area contributed by atoms with E-state index in [1.54, 1.807) is 30.3 Å². The van der Waals surface area contributed by atoms with Crippen LogP contribution in [0.1, 0.15) is 5.69 Å². The van der Waals surface area contributed by atoms with Crippen LogP contribution in [-0.2, 0) is 16.0 Å². The molecule has 1 fully saturated rings. The molecule has 2 aromatic carbocycles. The van der Waals surface area contributed by atoms with Gasteiger partial charge in [-0.25, -0.2) is 4.79 Å². The number of methoxy groups -OCH3 is 1. The Hall–Kier alpha value is -4.76. The van der Waals surface area contributed by atoms with Crippen LogP contribution in [0.25, 0.3) is 22.3 Å². The molecule has 14 heteroatoms. The Bertz CT molecular complexity index is 1650. The molecule has 0 unspecified atom stereocenters. The highest BCUT2D eigenvalue weighted by Crippen LogP contribution is 2.43. The molecule has 8 N–H and O–H groups in total. The molecule has 14 nitrogen and oxygen atoms in total. The number of rotatable bonds is 9. The number of aromatic amines is 1. The van der Waals surface area contributed by atoms with Crippen LogP contribution in [0.2, 0.25) is 0 Å². The highest BCUT2D eigenvalue weighted by atomic mass is 16.7. The smallest absolute Gasteiger partial charge is 0.335 e. The number of carboxylic acids is 1. The Morgan fingerprint density at radius 2 is 1.79 bits per heavy atom. The number of aliphatic hydroxyl groups excluding tert-OH is 3. The summed E-state index contributed by atoms with van der Waals surface area (Å²) in [4.78, 5) is 27.5. The van der Waals surface area contributed by atoms with Gasteiger partial charge in [0.25, 0.3) is 0 Å². The van der Waals surface area contributed by atoms with E-state index in [0.717, 1.165) is 5.69 Å². The minimum Gasteiger partial charge on any atom is -0.504 e. The number of carbonyl (C=O) groups is 1. The van der Waals surface area contributed by atoms with Crippen molar-refractivity contribution in [1.29, 1.82) is 0 Å². The molecule has 0 radical (unpaired) electrons. The van der Waals surface area contributed by atoms with E-state index in [1.807, 2.05) is 6.07 Å². The van der Waals surface area contributed by atoms with Crippen molar-refractivity contribution in [3.05, 3.63) is 64.4 Å². The quantitative estimate of drug-likeness (QED) is 0.146. The number of hydrogen-bond acceptors (Lipinski definition) is 12. The van der Waals surface area contributed by atoms with Crippen LogP contribution < -0.4 is 25.4 Å². The number of H-pyrrole nitrogens is 1. The fourth-order valence-corrected chi connectivity index (χ4v) is 4.56. The SMILES string of the molecule is COc1c(O[C@@H]2O[C@H](C(=O)O)[C@@H](O)[C@@H](O)[C@H]2O)cc2oc(-c3ccc(OCCc4ccc(N)[nH]4)cc3)cc(=O)c2c1O. The average molecular weight is 585 g/mol. The van der Waals surface area contributed by atoms with E-state index in [9.17, 15) is 35.1 Å². The van der Waals surface area contributed by atoms with Gasteiger partial charge in [0, 0.05) is 29.8 Å². The van der Waals surface area contributed by atoms with Gasteiger partial charge in [0.2, 0.25) is 12.0 Å². The summed E-state index contributed by atoms with van der Waals surface area (Å²) in [6.45, 7) is 0.400. The van der Waals surface area contributed by atoms with Gasteiger partial charge in [-0.1, -0.05) is 0 Å². The third-order valence-electron chi connectivity index (χ3n) is 6.72. The van der Waals surface area contributed by atoms with E-state index in [0.29, 0.717) is 30.2 Å². The van der Waals surface area contributed by atoms with Crippen LogP contribution >= 0.6 is 0 Å². The predicted molar refractivity (Wildman–Crippen MR) is 145 cm³/mol. The number of phenols is 1. The normalized spacial score (nSPS) is 22.1. The van der Waals surface area contributed by atoms with E-state index in [-0.39, 0.29) is 28.2 Å². The number of nitrogens with two attached hydrogens (primary N) is 1. The van der Waals surface area contributed by atoms with Gasteiger partial charge < -0.3 is 59.6 Å². The lowest BCUT2D eigenvalue weighted by molar-refractivity contribution is -0.271. The number of aromatic hydroxyl groups is 1. The van der Waals surface area contributed by atoms with Crippen molar-refractivity contribution in [3.8, 4) is 34.3 Å². The van der Waals surface area contributed by atoms with Crippen molar-refractivity contribution in [2.45, 2.75) is 37.1 Å². The lowest BCUT2D eigenvalue weighted by atomic mass is 9.99. The van der Waals surface area contributed by atoms with E-state index in [4.69, 9.17) is 29.1 Å². The van der Waals surface area contributed by atoms with Gasteiger partial charge in [0.05, 0.1) is 13.7 Å². The number of nitrogens with one attached hydrogen (secondary N) is 1. The summed E-state index contributed by atoms with van der Waals surface area (Å²) in [6.07, 6.45) is -8.83. The van der Waals surface area contributed by atoms with Crippen LogP contribution in [0.4, 0.5) is 5.82 Å². The number of aliphatic carboxylic acids is 1. The largest absolute Gasteiger partial charge is 0.504 e. The molecule has 0 bridgehead atoms. The van der Waals surface area contributed by atoms with Crippen molar-refractivity contribution < 1.29 is 53.7 Å². The zero-order valence-corrected chi connectivity index (χ0v) is 22.1. The maximum atomic E-state index is 13.0. The summed E-state index contributed by atoms with van der Waals surface area (Å²) >= 11 is 0. The number of carboxylic acid groups (broad SMARTS) is 1. The Balaban J connectivity index is 1.41. The lowest BCUT2D eigenvalue weighted by Crippen LogP contribution is -2.61. The summed E-state index contributed by atoms with van der Waals surface area (Å²) in [5.41, 5.74) is 6.40. The Labute approximate surface area is 237 Å². The second kappa shape index (κ2) is 11.6. The third kappa shape index (κ3) is 5.56. The van der Waals surface area contributed by atoms with Crippen molar-refractivity contribution in [2.24, 2.45) is 0 Å². The number of anilines is 1. The van der Waals surface area contributed by atoms with E-state index in [1.165, 1.54) is 19.2 Å². The molecule has 1 saturated heterocycles. The average Bonchev–Trinajstić information content (AvgIpc) is 3.38. The molecular weight excluding hydrogens is 556 g/mol. The van der Waals surface area contributed by atoms with Crippen LogP contribution in [0.15, 0.2) is 57.7 Å². The van der Waals surface area contributed by atoms with Gasteiger partial charge in [-0.2, -0.15) is 0 Å². The molecular formula is C28H28N2O12. The maximum Gasteiger partial charge on any atom is 0.335 e. The lowest BCUT2D eigenvalue weighted by Gasteiger charge is -2.38. The highest BCUT2D eigenvalue weighted by Gasteiger charge is 2.48. The second-order valence-corrected chi connectivity index (χ2v) is 9.52. The number of hydrogen-bond donors (Lipinski definition) is 7. The molecule has 0 aliphatic carbocycles. The third-order valence-corrected chi connectivity index (χ3v) is 6.72. The maximum absolute atomic E-state index is 13.0. The van der Waals surface area contributed by atoms with Crippen LogP contribution in [0.3, 0.4) is 0 Å². The zero-order valence-electron chi connectivity index (χ0n) is 22.1. The summed E-state index contributed by atoms with van der Waals surface area (Å²) < 4.78 is 27.6. The second-order valence-electron chi connectivity index (χ2n) is 9.52. The molecule has 1 aliphatic heterocycles. The monoisotopic (exact) mass is 584 g/mol. The van der Waals surface area contributed by atoms with Crippen molar-refractivity contribution in [3.63, 3.8) is 0 Å². The van der Waals surface area contributed by atoms with Crippen LogP contribution in [0.5, 0.6) is 23.0 Å². The molecule has 42 heavy (non-hydrogen) atoms. The molecule has 1 aliphatic rings. The number of nitrogen functional groups attached to an aromatic ring is 1. The fourth-order valence-electron chi connectivity index (χ4n) is 4.56. The van der Waals surface area contributed by atoms with Crippen molar-refractivity contribution >= 4 is 22.8 Å². The molecule has 2 aromatic heterocycles. The predicted octanol–water partition coefficient (Wildman–Crippen LogP) is 0.977. The van der Waals surface area contributed by atoms with Crippen molar-refractivity contribution in [1.82, 2.24) is 4.98 Å². The molecule has 0 spiro atoms. The Morgan fingerprint density at radius 3 is 2.43 bits per heavy atom. The van der Waals surface area contributed by atoms with E-state index >= 15 is 0 Å². The molecule has 222 valence electrons. The van der Waals surface area contributed by atoms with Gasteiger partial charge in [0.15, 0.2) is 23.0 Å². The Morgan fingerprint density at radius 1 is 1.05 bits per heavy atom. The first-order valence-electron chi connectivity index (χ1n) is 12.7. The number of fused-ring (bicyclic) bond motifs is 1. The van der Waals surface area contributed by atoms with E-state index < -0.39 is 47.9 Å². The summed E-state index contributed by atoms with van der Waals surface area (Å²) in [7, 11) is 1.18. The van der Waals surface area contributed by atoms with Crippen LogP contribution in [0, 0.1) is 0 Å². The van der Waals surface area contributed by atoms with Gasteiger partial charge in [-0.15, -0.1) is 0 Å². The number of phenolic OH excluding ortho intramolecular Hbond substituents is 1. The first kappa shape index (κ1) is 28.8. The summed E-state index contributed by atoms with van der Waals surface area (Å²) in [6, 6.07) is 12.8. The zero-order chi connectivity index (χ0) is 30.1. The highest BCUT2D eigenvalue weighted by molar-refractivity contribution is 5.89. The molecule has 4 aromatic rings. The van der Waals surface area contributed by atoms with Gasteiger partial charge in [-0.3, -0.25) is 4.79 Å². The topological polar surface area (TPSA) is 227 Å². The molecule has 0 saturated carbocycles. The summed E-state index contributed by atoms with van der Waals surface area (Å²) in [5.74, 6) is -1.58.